The van der Waals surface area contributed by atoms with Gasteiger partial charge in [-0.15, -0.1) is 0 Å². The average Bonchev–Trinajstić information content (AvgIpc) is 3.06. The summed E-state index contributed by atoms with van der Waals surface area (Å²) in [6.07, 6.45) is 2.02. The molecule has 1 fully saturated rings. The van der Waals surface area contributed by atoms with E-state index < -0.39 is 0 Å². The van der Waals surface area contributed by atoms with Crippen LogP contribution < -0.4 is 5.48 Å². The van der Waals surface area contributed by atoms with Gasteiger partial charge in [-0.1, -0.05) is 54.6 Å². The van der Waals surface area contributed by atoms with Crippen molar-refractivity contribution in [1.82, 2.24) is 10.4 Å². The number of hydroxylamine groups is 1. The molecule has 2 aromatic carbocycles. The van der Waals surface area contributed by atoms with E-state index in [9.17, 15) is 4.79 Å². The maximum Gasteiger partial charge on any atom is 0.341 e. The summed E-state index contributed by atoms with van der Waals surface area (Å²) in [5.74, 6) is 0. The largest absolute Gasteiger partial charge is 0.341 e. The van der Waals surface area contributed by atoms with Gasteiger partial charge < -0.3 is 4.90 Å². The van der Waals surface area contributed by atoms with Crippen LogP contribution in [0.4, 0.5) is 4.79 Å². The van der Waals surface area contributed by atoms with Crippen molar-refractivity contribution in [1.29, 1.82) is 0 Å². The van der Waals surface area contributed by atoms with Crippen LogP contribution in [0.2, 0.25) is 0 Å². The number of carbonyl (C=O) groups excluding carboxylic acids is 1. The van der Waals surface area contributed by atoms with E-state index in [4.69, 9.17) is 4.84 Å². The molecule has 0 radical (unpaired) electrons. The minimum atomic E-state index is -0.160. The molecule has 1 aliphatic heterocycles. The first-order chi connectivity index (χ1) is 11.3. The first-order valence-corrected chi connectivity index (χ1v) is 8.03. The van der Waals surface area contributed by atoms with E-state index in [2.05, 4.69) is 24.5 Å². The van der Waals surface area contributed by atoms with Crippen LogP contribution in [0.25, 0.3) is 0 Å². The molecule has 2 amide bonds. The van der Waals surface area contributed by atoms with Crippen LogP contribution in [0.1, 0.15) is 35.6 Å². The number of carbonyl (C=O) groups is 1. The fourth-order valence-electron chi connectivity index (χ4n) is 3.11. The molecular weight excluding hydrogens is 288 g/mol. The van der Waals surface area contributed by atoms with Gasteiger partial charge >= 0.3 is 6.03 Å². The number of urea groups is 1. The molecule has 0 aliphatic carbocycles. The summed E-state index contributed by atoms with van der Waals surface area (Å²) in [7, 11) is 0. The van der Waals surface area contributed by atoms with Crippen LogP contribution in [-0.4, -0.2) is 17.5 Å². The summed E-state index contributed by atoms with van der Waals surface area (Å²) >= 11 is 0. The molecule has 2 aromatic rings. The molecule has 1 N–H and O–H groups in total. The fourth-order valence-corrected chi connectivity index (χ4v) is 3.11. The molecule has 3 rings (SSSR count). The Balaban J connectivity index is 1.59. The third-order valence-electron chi connectivity index (χ3n) is 4.30. The number of hydrogen-bond acceptors (Lipinski definition) is 2. The minimum absolute atomic E-state index is 0.136. The molecule has 0 aromatic heterocycles. The lowest BCUT2D eigenvalue weighted by atomic mass is 9.99. The Morgan fingerprint density at radius 3 is 2.70 bits per heavy atom. The van der Waals surface area contributed by atoms with E-state index >= 15 is 0 Å². The van der Waals surface area contributed by atoms with Gasteiger partial charge in [0.05, 0.1) is 12.6 Å². The zero-order chi connectivity index (χ0) is 16.1. The second-order valence-electron chi connectivity index (χ2n) is 5.89. The van der Waals surface area contributed by atoms with Gasteiger partial charge in [0.15, 0.2) is 0 Å². The Hall–Kier alpha value is -2.33. The van der Waals surface area contributed by atoms with E-state index in [-0.39, 0.29) is 12.1 Å². The van der Waals surface area contributed by atoms with Gasteiger partial charge in [0, 0.05) is 6.54 Å². The zero-order valence-electron chi connectivity index (χ0n) is 13.4. The lowest BCUT2D eigenvalue weighted by Gasteiger charge is -2.26. The maximum absolute atomic E-state index is 12.4. The first kappa shape index (κ1) is 15.6. The summed E-state index contributed by atoms with van der Waals surface area (Å²) in [4.78, 5) is 19.7. The number of hydrogen-bond donors (Lipinski definition) is 1. The van der Waals surface area contributed by atoms with Crippen molar-refractivity contribution >= 4 is 6.03 Å². The number of aryl methyl sites for hydroxylation is 1. The summed E-state index contributed by atoms with van der Waals surface area (Å²) in [6, 6.07) is 18.0. The van der Waals surface area contributed by atoms with Gasteiger partial charge in [-0.25, -0.2) is 10.3 Å². The van der Waals surface area contributed by atoms with Crippen LogP contribution in [0.3, 0.4) is 0 Å². The molecule has 0 bridgehead atoms. The topological polar surface area (TPSA) is 41.6 Å². The van der Waals surface area contributed by atoms with Crippen molar-refractivity contribution in [3.63, 3.8) is 0 Å². The Kier molecular flexibility index (Phi) is 4.93. The van der Waals surface area contributed by atoms with Gasteiger partial charge in [0.1, 0.15) is 0 Å². The Labute approximate surface area is 137 Å². The second kappa shape index (κ2) is 7.29. The van der Waals surface area contributed by atoms with Crippen LogP contribution in [0.15, 0.2) is 54.6 Å². The van der Waals surface area contributed by atoms with Gasteiger partial charge in [-0.3, -0.25) is 4.84 Å². The Bertz CT molecular complexity index is 657. The van der Waals surface area contributed by atoms with Crippen molar-refractivity contribution < 1.29 is 9.63 Å². The molecule has 0 spiro atoms. The molecular formula is C19H22N2O2. The van der Waals surface area contributed by atoms with Crippen LogP contribution in [0.5, 0.6) is 0 Å². The zero-order valence-corrected chi connectivity index (χ0v) is 13.4. The van der Waals surface area contributed by atoms with Crippen molar-refractivity contribution in [2.75, 3.05) is 6.54 Å². The van der Waals surface area contributed by atoms with Crippen LogP contribution in [0, 0.1) is 6.92 Å². The maximum atomic E-state index is 12.4. The molecule has 4 nitrogen and oxygen atoms in total. The van der Waals surface area contributed by atoms with E-state index in [0.717, 1.165) is 24.9 Å². The van der Waals surface area contributed by atoms with E-state index in [1.807, 2.05) is 47.4 Å². The smallest absolute Gasteiger partial charge is 0.316 e. The second-order valence-corrected chi connectivity index (χ2v) is 5.89. The normalized spacial score (nSPS) is 17.3. The number of nitrogens with zero attached hydrogens (tertiary/aromatic N) is 1. The van der Waals surface area contributed by atoms with E-state index in [1.165, 1.54) is 11.1 Å². The fraction of sp³-hybridized carbons (Fsp3) is 0.316. The number of benzene rings is 2. The monoisotopic (exact) mass is 310 g/mol. The minimum Gasteiger partial charge on any atom is -0.316 e. The molecule has 120 valence electrons. The van der Waals surface area contributed by atoms with Gasteiger partial charge in [0.25, 0.3) is 0 Å². The quantitative estimate of drug-likeness (QED) is 0.868. The highest BCUT2D eigenvalue weighted by Gasteiger charge is 2.30. The highest BCUT2D eigenvalue weighted by atomic mass is 16.7. The molecule has 4 heteroatoms. The number of rotatable bonds is 4. The lowest BCUT2D eigenvalue weighted by Crippen LogP contribution is -2.39. The predicted molar refractivity (Wildman–Crippen MR) is 89.6 cm³/mol. The summed E-state index contributed by atoms with van der Waals surface area (Å²) < 4.78 is 0. The summed E-state index contributed by atoms with van der Waals surface area (Å²) in [6.45, 7) is 3.23. The Morgan fingerprint density at radius 1 is 1.17 bits per heavy atom. The SMILES string of the molecule is Cc1ccccc1[C@@H]1CCCN1C(=O)NOCc1ccccc1. The number of amides is 2. The molecule has 0 unspecified atom stereocenters. The van der Waals surface area contributed by atoms with Gasteiger partial charge in [0.2, 0.25) is 0 Å². The van der Waals surface area contributed by atoms with Gasteiger partial charge in [-0.2, -0.15) is 0 Å². The van der Waals surface area contributed by atoms with Gasteiger partial charge in [-0.05, 0) is 36.5 Å². The molecule has 1 atom stereocenters. The first-order valence-electron chi connectivity index (χ1n) is 8.03. The average molecular weight is 310 g/mol. The third-order valence-corrected chi connectivity index (χ3v) is 4.30. The van der Waals surface area contributed by atoms with Crippen molar-refractivity contribution in [2.24, 2.45) is 0 Å². The molecule has 1 aliphatic rings. The Morgan fingerprint density at radius 2 is 1.91 bits per heavy atom. The lowest BCUT2D eigenvalue weighted by molar-refractivity contribution is 0.0351. The summed E-state index contributed by atoms with van der Waals surface area (Å²) in [5, 5.41) is 0. The molecule has 23 heavy (non-hydrogen) atoms. The van der Waals surface area contributed by atoms with E-state index in [0.29, 0.717) is 6.61 Å². The highest BCUT2D eigenvalue weighted by molar-refractivity contribution is 5.74. The highest BCUT2D eigenvalue weighted by Crippen LogP contribution is 2.33. The van der Waals surface area contributed by atoms with E-state index in [1.54, 1.807) is 0 Å². The van der Waals surface area contributed by atoms with Crippen molar-refractivity contribution in [2.45, 2.75) is 32.4 Å². The molecule has 1 saturated heterocycles. The van der Waals surface area contributed by atoms with Crippen molar-refractivity contribution in [3.05, 3.63) is 71.3 Å². The van der Waals surface area contributed by atoms with Crippen LogP contribution in [-0.2, 0) is 11.4 Å². The number of likely N-dealkylation sites (tertiary alicyclic amines) is 1. The standard InChI is InChI=1S/C19H22N2O2/c1-15-8-5-6-11-17(15)18-12-7-13-21(18)19(22)20-23-14-16-9-3-2-4-10-16/h2-6,8-11,18H,7,12-14H2,1H3,(H,20,22)/t18-/m0/s1. The summed E-state index contributed by atoms with van der Waals surface area (Å²) in [5.41, 5.74) is 6.06. The predicted octanol–water partition coefficient (Wildman–Crippen LogP) is 3.97. The number of nitrogens with one attached hydrogen (secondary N) is 1. The molecule has 0 saturated carbocycles. The van der Waals surface area contributed by atoms with Crippen molar-refractivity contribution in [3.8, 4) is 0 Å². The molecule has 1 heterocycles. The third kappa shape index (κ3) is 3.71. The van der Waals surface area contributed by atoms with Crippen LogP contribution >= 0.6 is 0 Å².